The topological polar surface area (TPSA) is 77.8 Å². The Morgan fingerprint density at radius 3 is 2.34 bits per heavy atom. The van der Waals surface area contributed by atoms with Gasteiger partial charge < -0.3 is 14.6 Å². The van der Waals surface area contributed by atoms with Crippen LogP contribution in [-0.2, 0) is 9.53 Å². The lowest BCUT2D eigenvalue weighted by atomic mass is 9.97. The predicted octanol–water partition coefficient (Wildman–Crippen LogP) is 5.97. The summed E-state index contributed by atoms with van der Waals surface area (Å²) in [5.41, 5.74) is -0.290. The van der Waals surface area contributed by atoms with Gasteiger partial charge in [-0.2, -0.15) is 0 Å². The van der Waals surface area contributed by atoms with Crippen LogP contribution in [0.1, 0.15) is 54.2 Å². The van der Waals surface area contributed by atoms with Crippen molar-refractivity contribution >= 4 is 22.8 Å². The van der Waals surface area contributed by atoms with Crippen LogP contribution in [0.3, 0.4) is 0 Å². The predicted molar refractivity (Wildman–Crippen MR) is 115 cm³/mol. The van der Waals surface area contributed by atoms with Crippen LogP contribution >= 0.6 is 0 Å². The number of hydrogen-bond acceptors (Lipinski definition) is 5. The molecule has 3 rings (SSSR count). The summed E-state index contributed by atoms with van der Waals surface area (Å²) in [6.45, 7) is 4.85. The molecule has 0 bridgehead atoms. The number of aromatic nitrogens is 1. The molecule has 188 valence electrons. The number of phenolic OH excluding ortho intramolecular Hbond substituents is 1. The molecule has 1 heterocycles. The molecule has 11 heteroatoms. The van der Waals surface area contributed by atoms with E-state index in [9.17, 15) is 32.3 Å². The molecule has 2 aromatic carbocycles. The highest BCUT2D eigenvalue weighted by Crippen LogP contribution is 2.39. The van der Waals surface area contributed by atoms with E-state index in [1.54, 1.807) is 0 Å². The first-order chi connectivity index (χ1) is 16.4. The number of aromatic hydroxyl groups is 1. The molecule has 0 aliphatic carbocycles. The highest BCUT2D eigenvalue weighted by Gasteiger charge is 2.32. The summed E-state index contributed by atoms with van der Waals surface area (Å²) < 4.78 is 76.5. The number of benzene rings is 2. The van der Waals surface area contributed by atoms with Crippen molar-refractivity contribution in [2.75, 3.05) is 6.61 Å². The molecule has 3 aromatic rings. The maximum atomic E-state index is 15.0. The zero-order valence-electron chi connectivity index (χ0n) is 19.0. The summed E-state index contributed by atoms with van der Waals surface area (Å²) in [4.78, 5) is 25.9. The van der Waals surface area contributed by atoms with E-state index in [1.165, 1.54) is 13.8 Å². The van der Waals surface area contributed by atoms with Gasteiger partial charge in [-0.15, -0.1) is 13.2 Å². The molecular formula is C24H22F5NO5. The standard InChI is InChI=1S/C24H22F5NO5/c1-4-5-10-34-23(33)12(2)18-13(3)30(17-11-16(25)21(31)20(26)19(17)18)22(32)14-6-8-15(9-7-14)35-24(27,28)29/h6-9,11-12,31H,4-5,10H2,1-3H3/t12-/m1/s1. The first-order valence-electron chi connectivity index (χ1n) is 10.7. The number of unbranched alkanes of at least 4 members (excludes halogenated alkanes) is 1. The SMILES string of the molecule is CCCCOC(=O)[C@H](C)c1c(C)n(C(=O)c2ccc(OC(F)(F)F)cc2)c2cc(F)c(O)c(F)c12. The number of nitrogens with zero attached hydrogens (tertiary/aromatic N) is 1. The molecule has 0 unspecified atom stereocenters. The van der Waals surface area contributed by atoms with E-state index in [-0.39, 0.29) is 34.3 Å². The van der Waals surface area contributed by atoms with Crippen molar-refractivity contribution in [1.82, 2.24) is 4.57 Å². The van der Waals surface area contributed by atoms with E-state index in [1.807, 2.05) is 6.92 Å². The molecule has 0 aliphatic rings. The molecule has 0 saturated carbocycles. The Kier molecular flexibility index (Phi) is 7.37. The lowest BCUT2D eigenvalue weighted by molar-refractivity contribution is -0.274. The monoisotopic (exact) mass is 499 g/mol. The number of ether oxygens (including phenoxy) is 2. The number of fused-ring (bicyclic) bond motifs is 1. The number of hydrogen-bond donors (Lipinski definition) is 1. The van der Waals surface area contributed by atoms with Crippen molar-refractivity contribution in [1.29, 1.82) is 0 Å². The number of carbonyl (C=O) groups excluding carboxylic acids is 2. The molecule has 0 amide bonds. The average molecular weight is 499 g/mol. The quantitative estimate of drug-likeness (QED) is 0.246. The summed E-state index contributed by atoms with van der Waals surface area (Å²) in [5.74, 6) is -7.13. The van der Waals surface area contributed by atoms with Crippen LogP contribution in [0.15, 0.2) is 30.3 Å². The number of alkyl halides is 3. The van der Waals surface area contributed by atoms with E-state index in [0.717, 1.165) is 41.3 Å². The maximum Gasteiger partial charge on any atom is 0.573 e. The van der Waals surface area contributed by atoms with Gasteiger partial charge in [-0.25, -0.2) is 8.78 Å². The van der Waals surface area contributed by atoms with Crippen LogP contribution in [0.2, 0.25) is 0 Å². The third-order valence-corrected chi connectivity index (χ3v) is 5.48. The highest BCUT2D eigenvalue weighted by molar-refractivity contribution is 6.05. The Balaban J connectivity index is 2.13. The molecule has 0 fully saturated rings. The second-order valence-corrected chi connectivity index (χ2v) is 7.87. The fourth-order valence-corrected chi connectivity index (χ4v) is 3.79. The first-order valence-corrected chi connectivity index (χ1v) is 10.7. The number of phenols is 1. The largest absolute Gasteiger partial charge is 0.573 e. The van der Waals surface area contributed by atoms with Crippen LogP contribution in [0.5, 0.6) is 11.5 Å². The molecule has 1 atom stereocenters. The first kappa shape index (κ1) is 26.0. The molecule has 1 N–H and O–H groups in total. The number of halogens is 5. The minimum Gasteiger partial charge on any atom is -0.503 e. The third-order valence-electron chi connectivity index (χ3n) is 5.48. The van der Waals surface area contributed by atoms with Gasteiger partial charge in [0.15, 0.2) is 17.4 Å². The van der Waals surface area contributed by atoms with Crippen molar-refractivity contribution in [3.63, 3.8) is 0 Å². The molecule has 0 aliphatic heterocycles. The van der Waals surface area contributed by atoms with E-state index < -0.39 is 47.3 Å². The fourth-order valence-electron chi connectivity index (χ4n) is 3.79. The van der Waals surface area contributed by atoms with Gasteiger partial charge in [-0.05, 0) is 50.1 Å². The van der Waals surface area contributed by atoms with Crippen molar-refractivity contribution in [3.05, 3.63) is 58.8 Å². The Morgan fingerprint density at radius 1 is 1.14 bits per heavy atom. The summed E-state index contributed by atoms with van der Waals surface area (Å²) in [6.07, 6.45) is -3.55. The summed E-state index contributed by atoms with van der Waals surface area (Å²) >= 11 is 0. The van der Waals surface area contributed by atoms with Gasteiger partial charge >= 0.3 is 12.3 Å². The van der Waals surface area contributed by atoms with Crippen molar-refractivity contribution in [2.45, 2.75) is 45.9 Å². The zero-order chi connectivity index (χ0) is 26.1. The molecule has 35 heavy (non-hydrogen) atoms. The van der Waals surface area contributed by atoms with Gasteiger partial charge in [0.25, 0.3) is 5.91 Å². The number of carbonyl (C=O) groups is 2. The van der Waals surface area contributed by atoms with Crippen LogP contribution in [0, 0.1) is 18.6 Å². The molecule has 0 saturated heterocycles. The lowest BCUT2D eigenvalue weighted by Gasteiger charge is -2.13. The molecule has 0 spiro atoms. The second kappa shape index (κ2) is 9.93. The lowest BCUT2D eigenvalue weighted by Crippen LogP contribution is -2.18. The van der Waals surface area contributed by atoms with Gasteiger partial charge in [0.1, 0.15) is 5.75 Å². The second-order valence-electron chi connectivity index (χ2n) is 7.87. The fraction of sp³-hybridized carbons (Fsp3) is 0.333. The molecular weight excluding hydrogens is 477 g/mol. The minimum absolute atomic E-state index is 0.0136. The van der Waals surface area contributed by atoms with Gasteiger partial charge in [0.05, 0.1) is 18.0 Å². The zero-order valence-corrected chi connectivity index (χ0v) is 19.0. The smallest absolute Gasteiger partial charge is 0.503 e. The highest BCUT2D eigenvalue weighted by atomic mass is 19.4. The van der Waals surface area contributed by atoms with Crippen molar-refractivity contribution < 1.29 is 46.1 Å². The Labute approximate surface area is 196 Å². The van der Waals surface area contributed by atoms with Crippen LogP contribution in [0.4, 0.5) is 22.0 Å². The normalized spacial score (nSPS) is 12.6. The van der Waals surface area contributed by atoms with E-state index in [2.05, 4.69) is 4.74 Å². The molecule has 1 aromatic heterocycles. The van der Waals surface area contributed by atoms with E-state index in [0.29, 0.717) is 6.42 Å². The molecule has 6 nitrogen and oxygen atoms in total. The average Bonchev–Trinajstić information content (AvgIpc) is 3.07. The van der Waals surface area contributed by atoms with Crippen LogP contribution in [-0.4, -0.2) is 34.5 Å². The van der Waals surface area contributed by atoms with Crippen molar-refractivity contribution in [3.8, 4) is 11.5 Å². The number of esters is 1. The van der Waals surface area contributed by atoms with Crippen LogP contribution in [0.25, 0.3) is 10.9 Å². The number of rotatable bonds is 7. The Bertz CT molecular complexity index is 1260. The summed E-state index contributed by atoms with van der Waals surface area (Å²) in [7, 11) is 0. The van der Waals surface area contributed by atoms with Crippen LogP contribution < -0.4 is 4.74 Å². The third kappa shape index (κ3) is 5.23. The summed E-state index contributed by atoms with van der Waals surface area (Å²) in [5, 5.41) is 9.49. The Morgan fingerprint density at radius 2 is 1.77 bits per heavy atom. The van der Waals surface area contributed by atoms with E-state index >= 15 is 4.39 Å². The minimum atomic E-state index is -4.92. The van der Waals surface area contributed by atoms with Crippen molar-refractivity contribution in [2.24, 2.45) is 0 Å². The van der Waals surface area contributed by atoms with Gasteiger partial charge in [0.2, 0.25) is 0 Å². The Hall–Kier alpha value is -3.63. The van der Waals surface area contributed by atoms with Gasteiger partial charge in [0, 0.05) is 22.7 Å². The van der Waals surface area contributed by atoms with Gasteiger partial charge in [-0.1, -0.05) is 13.3 Å². The summed E-state index contributed by atoms with van der Waals surface area (Å²) in [6, 6.07) is 4.71. The van der Waals surface area contributed by atoms with Gasteiger partial charge in [-0.3, -0.25) is 14.2 Å². The molecule has 0 radical (unpaired) electrons. The maximum absolute atomic E-state index is 15.0. The van der Waals surface area contributed by atoms with E-state index in [4.69, 9.17) is 4.74 Å².